The lowest BCUT2D eigenvalue weighted by Crippen LogP contribution is -2.43. The molecule has 0 bridgehead atoms. The number of nitrogens with two attached hydrogens (primary N) is 1. The molecule has 0 radical (unpaired) electrons. The summed E-state index contributed by atoms with van der Waals surface area (Å²) in [5.41, 5.74) is 5.61. The molecule has 6 amide bonds. The van der Waals surface area contributed by atoms with Crippen LogP contribution in [0.25, 0.3) is 5.69 Å². The Bertz CT molecular complexity index is 2180. The molecule has 2 aromatic carbocycles. The second kappa shape index (κ2) is 33.0. The Morgan fingerprint density at radius 2 is 1.47 bits per heavy atom. The number of benzene rings is 2. The Balaban J connectivity index is 1.04. The third-order valence-corrected chi connectivity index (χ3v) is 12.2. The van der Waals surface area contributed by atoms with Crippen LogP contribution < -0.4 is 37.1 Å². The van der Waals surface area contributed by atoms with E-state index < -0.39 is 59.4 Å². The Hall–Kier alpha value is -5.95. The first-order chi connectivity index (χ1) is 35.1. The maximum Gasteiger partial charge on any atom is 0.407 e. The second-order valence-corrected chi connectivity index (χ2v) is 19.4. The fourth-order valence-corrected chi connectivity index (χ4v) is 8.58. The average molecular weight is 1050 g/mol. The summed E-state index contributed by atoms with van der Waals surface area (Å²) in [7, 11) is 0. The van der Waals surface area contributed by atoms with E-state index in [9.17, 15) is 37.5 Å². The number of halogens is 2. The van der Waals surface area contributed by atoms with Crippen LogP contribution in [0.1, 0.15) is 101 Å². The van der Waals surface area contributed by atoms with Gasteiger partial charge in [0.2, 0.25) is 11.8 Å². The van der Waals surface area contributed by atoms with E-state index in [0.29, 0.717) is 88.7 Å². The molecule has 73 heavy (non-hydrogen) atoms. The number of alkyl carbamates (subject to hydrolysis) is 1. The molecule has 3 atom stereocenters. The number of Topliss-reactive ketones (excluding diaryl/α,β-unsaturated/α-hetero) is 1. The molecule has 1 unspecified atom stereocenters. The number of carbonyl (C=O) groups is 6. The number of para-hydroxylation sites is 1. The largest absolute Gasteiger partial charge is 0.480 e. The van der Waals surface area contributed by atoms with Gasteiger partial charge in [0.15, 0.2) is 23.2 Å². The van der Waals surface area contributed by atoms with E-state index in [1.54, 1.807) is 50.9 Å². The number of ether oxygens (including phenoxy) is 6. The molecule has 4 rings (SSSR count). The Kier molecular flexibility index (Phi) is 26.9. The first kappa shape index (κ1) is 59.6. The molecule has 0 saturated carbocycles. The minimum absolute atomic E-state index is 0.00166. The van der Waals surface area contributed by atoms with Crippen molar-refractivity contribution in [3.63, 3.8) is 0 Å². The monoisotopic (exact) mass is 1050 g/mol. The number of aromatic nitrogens is 3. The van der Waals surface area contributed by atoms with Gasteiger partial charge in [0, 0.05) is 36.7 Å². The van der Waals surface area contributed by atoms with Gasteiger partial charge in [0.1, 0.15) is 17.9 Å². The molecule has 24 heteroatoms. The third-order valence-electron chi connectivity index (χ3n) is 10.7. The number of nitrogens with one attached hydrogen (secondary N) is 5. The SMILES string of the molecule is CC(C)(C)OC(=O)NCCCCC(NC(=O)c1cccc(-n2cc(CNC(=O)CCOCCOCCOCCOCCNC(=O)CCCC[C@H]3CC[C@H](NC(N)=O)S3)nn2)c1)C(=O)COc1c(F)cccc1F. The first-order valence-electron chi connectivity index (χ1n) is 24.5. The van der Waals surface area contributed by atoms with Gasteiger partial charge < -0.3 is 60.7 Å². The second-order valence-electron chi connectivity index (χ2n) is 17.9. The molecule has 1 saturated heterocycles. The lowest BCUT2D eigenvalue weighted by molar-refractivity contribution is -0.123. The third kappa shape index (κ3) is 25.0. The van der Waals surface area contributed by atoms with Crippen molar-refractivity contribution < 1.29 is 66.0 Å². The van der Waals surface area contributed by atoms with E-state index in [1.807, 2.05) is 0 Å². The standard InChI is InChI=1S/C49H71F2N9O12S/c1-49(2,3)72-48(66)54-20-7-6-15-40(41(61)33-71-45-38(50)13-9-14-39(45)51)56-46(64)34-10-8-11-36(30-34)60-32-35(58-59-60)31-55-43(63)19-22-67-24-26-69-28-29-70-27-25-68-23-21-53-42(62)16-5-4-12-37-17-18-44(73-37)57-47(52)65/h8-11,13-14,30,32,37,40,44H,4-7,12,15-29,31,33H2,1-3H3,(H,53,62)(H,54,66)(H,55,63)(H,56,64)(H3,52,57,65)/t37-,40?,44+/m0/s1. The van der Waals surface area contributed by atoms with Gasteiger partial charge in [-0.3, -0.25) is 19.2 Å². The van der Waals surface area contributed by atoms with E-state index in [0.717, 1.165) is 44.2 Å². The molecule has 1 aliphatic heterocycles. The Morgan fingerprint density at radius 1 is 0.795 bits per heavy atom. The summed E-state index contributed by atoms with van der Waals surface area (Å²) in [6.07, 6.45) is 7.27. The van der Waals surface area contributed by atoms with Crippen LogP contribution in [0.3, 0.4) is 0 Å². The average Bonchev–Trinajstić information content (AvgIpc) is 4.01. The zero-order valence-electron chi connectivity index (χ0n) is 41.9. The lowest BCUT2D eigenvalue weighted by Gasteiger charge is -2.20. The molecule has 1 fully saturated rings. The molecular weight excluding hydrogens is 977 g/mol. The van der Waals surface area contributed by atoms with Crippen molar-refractivity contribution in [3.8, 4) is 11.4 Å². The van der Waals surface area contributed by atoms with Gasteiger partial charge in [0.05, 0.1) is 82.7 Å². The van der Waals surface area contributed by atoms with Crippen LogP contribution in [-0.2, 0) is 44.6 Å². The van der Waals surface area contributed by atoms with Crippen LogP contribution in [-0.4, -0.2) is 145 Å². The summed E-state index contributed by atoms with van der Waals surface area (Å²) in [5.74, 6) is -4.16. The van der Waals surface area contributed by atoms with Gasteiger partial charge in [0.25, 0.3) is 5.91 Å². The molecule has 7 N–H and O–H groups in total. The minimum atomic E-state index is -1.10. The van der Waals surface area contributed by atoms with Gasteiger partial charge in [-0.05, 0) is 96.0 Å². The number of unbranched alkanes of at least 4 members (excludes halogenated alkanes) is 2. The van der Waals surface area contributed by atoms with Crippen molar-refractivity contribution in [1.29, 1.82) is 0 Å². The van der Waals surface area contributed by atoms with Gasteiger partial charge in [-0.15, -0.1) is 16.9 Å². The Morgan fingerprint density at radius 3 is 2.16 bits per heavy atom. The highest BCUT2D eigenvalue weighted by atomic mass is 32.2. The van der Waals surface area contributed by atoms with E-state index in [1.165, 1.54) is 22.9 Å². The number of amides is 6. The molecule has 0 spiro atoms. The van der Waals surface area contributed by atoms with Crippen LogP contribution in [0.5, 0.6) is 5.75 Å². The van der Waals surface area contributed by atoms with Crippen molar-refractivity contribution in [2.24, 2.45) is 5.73 Å². The highest BCUT2D eigenvalue weighted by molar-refractivity contribution is 8.00. The predicted molar refractivity (Wildman–Crippen MR) is 266 cm³/mol. The first-order valence-corrected chi connectivity index (χ1v) is 25.4. The summed E-state index contributed by atoms with van der Waals surface area (Å²) in [5, 5.41) is 22.5. The molecule has 1 aromatic heterocycles. The van der Waals surface area contributed by atoms with Gasteiger partial charge in [-0.25, -0.2) is 23.1 Å². The van der Waals surface area contributed by atoms with Crippen LogP contribution >= 0.6 is 11.8 Å². The smallest absolute Gasteiger partial charge is 0.407 e. The maximum absolute atomic E-state index is 14.2. The molecule has 3 aromatic rings. The molecule has 0 aliphatic carbocycles. The summed E-state index contributed by atoms with van der Waals surface area (Å²) in [6.45, 7) is 7.96. The number of ketones is 1. The number of urea groups is 1. The van der Waals surface area contributed by atoms with E-state index in [-0.39, 0.29) is 55.3 Å². The quantitative estimate of drug-likeness (QED) is 0.0439. The van der Waals surface area contributed by atoms with Crippen LogP contribution in [0, 0.1) is 11.6 Å². The molecule has 404 valence electrons. The number of carbonyl (C=O) groups excluding carboxylic acids is 6. The predicted octanol–water partition coefficient (Wildman–Crippen LogP) is 4.63. The van der Waals surface area contributed by atoms with Crippen LogP contribution in [0.2, 0.25) is 0 Å². The van der Waals surface area contributed by atoms with Crippen LogP contribution in [0.15, 0.2) is 48.7 Å². The summed E-state index contributed by atoms with van der Waals surface area (Å²) < 4.78 is 62.3. The van der Waals surface area contributed by atoms with Crippen molar-refractivity contribution in [3.05, 3.63) is 71.6 Å². The fourth-order valence-electron chi connectivity index (χ4n) is 7.09. The number of hydrogen-bond donors (Lipinski definition) is 6. The highest BCUT2D eigenvalue weighted by Crippen LogP contribution is 2.35. The number of nitrogens with zero attached hydrogens (tertiary/aromatic N) is 3. The topological polar surface area (TPSA) is 275 Å². The van der Waals surface area contributed by atoms with Gasteiger partial charge in [-0.2, -0.15) is 0 Å². The zero-order chi connectivity index (χ0) is 52.9. The van der Waals surface area contributed by atoms with Crippen molar-refractivity contribution >= 4 is 47.4 Å². The van der Waals surface area contributed by atoms with Crippen molar-refractivity contribution in [2.75, 3.05) is 72.6 Å². The van der Waals surface area contributed by atoms with Gasteiger partial charge in [-0.1, -0.05) is 23.8 Å². The Labute approximate surface area is 428 Å². The van der Waals surface area contributed by atoms with E-state index >= 15 is 0 Å². The summed E-state index contributed by atoms with van der Waals surface area (Å²) >= 11 is 1.75. The fraction of sp³-hybridized carbons (Fsp3) is 0.592. The maximum atomic E-state index is 14.2. The molecule has 21 nitrogen and oxygen atoms in total. The van der Waals surface area contributed by atoms with E-state index in [4.69, 9.17) is 34.2 Å². The number of primary amides is 1. The number of hydrogen-bond acceptors (Lipinski definition) is 15. The molecule has 1 aliphatic rings. The van der Waals surface area contributed by atoms with Crippen molar-refractivity contribution in [2.45, 2.75) is 114 Å². The summed E-state index contributed by atoms with van der Waals surface area (Å²) in [4.78, 5) is 74.4. The molecule has 2 heterocycles. The number of rotatable bonds is 35. The zero-order valence-corrected chi connectivity index (χ0v) is 42.7. The minimum Gasteiger partial charge on any atom is -0.480 e. The lowest BCUT2D eigenvalue weighted by atomic mass is 10.0. The van der Waals surface area contributed by atoms with Crippen molar-refractivity contribution in [1.82, 2.24) is 41.6 Å². The summed E-state index contributed by atoms with van der Waals surface area (Å²) in [6, 6.07) is 7.95. The number of thioether (sulfide) groups is 1. The van der Waals surface area contributed by atoms with E-state index in [2.05, 4.69) is 36.9 Å². The molecular formula is C49H71F2N9O12S. The normalized spacial score (nSPS) is 14.8. The van der Waals surface area contributed by atoms with Gasteiger partial charge >= 0.3 is 12.1 Å². The highest BCUT2D eigenvalue weighted by Gasteiger charge is 2.26. The van der Waals surface area contributed by atoms with Crippen LogP contribution in [0.4, 0.5) is 18.4 Å².